The van der Waals surface area contributed by atoms with Gasteiger partial charge in [0.2, 0.25) is 0 Å². The molecule has 1 aliphatic heterocycles. The molecule has 130 valence electrons. The average Bonchev–Trinajstić information content (AvgIpc) is 2.50. The van der Waals surface area contributed by atoms with Crippen LogP contribution in [0.25, 0.3) is 0 Å². The van der Waals surface area contributed by atoms with E-state index in [0.29, 0.717) is 23.0 Å². The third-order valence-corrected chi connectivity index (χ3v) is 5.29. The highest BCUT2D eigenvalue weighted by molar-refractivity contribution is 6.42. The monoisotopic (exact) mass is 368 g/mol. The summed E-state index contributed by atoms with van der Waals surface area (Å²) in [7, 11) is 0. The van der Waals surface area contributed by atoms with Crippen LogP contribution in [0.5, 0.6) is 0 Å². The second-order valence-corrected chi connectivity index (χ2v) is 6.97. The van der Waals surface area contributed by atoms with Crippen molar-refractivity contribution in [2.24, 2.45) is 0 Å². The molecule has 2 rings (SSSR count). The van der Waals surface area contributed by atoms with Crippen molar-refractivity contribution in [2.75, 3.05) is 19.6 Å². The molecule has 2 nitrogen and oxygen atoms in total. The van der Waals surface area contributed by atoms with Crippen molar-refractivity contribution in [1.82, 2.24) is 10.6 Å². The molecule has 0 aromatic heterocycles. The normalized spacial score (nSPS) is 23.7. The fourth-order valence-corrected chi connectivity index (χ4v) is 3.34. The van der Waals surface area contributed by atoms with Crippen molar-refractivity contribution in [2.45, 2.75) is 43.8 Å². The van der Waals surface area contributed by atoms with E-state index >= 15 is 0 Å². The molecule has 1 aromatic rings. The quantitative estimate of drug-likeness (QED) is 0.796. The van der Waals surface area contributed by atoms with Gasteiger partial charge < -0.3 is 10.6 Å². The number of hydrogen-bond acceptors (Lipinski definition) is 2. The van der Waals surface area contributed by atoms with Crippen molar-refractivity contribution >= 4 is 23.2 Å². The first kappa shape index (κ1) is 18.8. The van der Waals surface area contributed by atoms with E-state index in [1.165, 1.54) is 0 Å². The SMILES string of the molecule is C[C@@H](NCC[C@]1(c2ccc(Cl)c(Cl)c2)CCCNC1)C(F)(F)F. The van der Waals surface area contributed by atoms with Gasteiger partial charge in [0.05, 0.1) is 10.0 Å². The Morgan fingerprint density at radius 1 is 1.30 bits per heavy atom. The lowest BCUT2D eigenvalue weighted by Gasteiger charge is -2.39. The molecule has 0 saturated carbocycles. The van der Waals surface area contributed by atoms with Crippen LogP contribution in [0.2, 0.25) is 10.0 Å². The second kappa shape index (κ2) is 7.60. The van der Waals surface area contributed by atoms with Crippen LogP contribution in [0.4, 0.5) is 13.2 Å². The Morgan fingerprint density at radius 2 is 2.04 bits per heavy atom. The molecule has 0 unspecified atom stereocenters. The van der Waals surface area contributed by atoms with E-state index in [-0.39, 0.29) is 5.41 Å². The summed E-state index contributed by atoms with van der Waals surface area (Å²) >= 11 is 12.1. The molecule has 2 atom stereocenters. The third kappa shape index (κ3) is 4.75. The maximum Gasteiger partial charge on any atom is 0.403 e. The maximum atomic E-state index is 12.6. The van der Waals surface area contributed by atoms with Crippen LogP contribution >= 0.6 is 23.2 Å². The lowest BCUT2D eigenvalue weighted by molar-refractivity contribution is -0.151. The van der Waals surface area contributed by atoms with Gasteiger partial charge in [0.1, 0.15) is 6.04 Å². The summed E-state index contributed by atoms with van der Waals surface area (Å²) in [6, 6.07) is 4.00. The van der Waals surface area contributed by atoms with Crippen molar-refractivity contribution in [3.63, 3.8) is 0 Å². The molecule has 1 fully saturated rings. The van der Waals surface area contributed by atoms with Crippen molar-refractivity contribution in [3.05, 3.63) is 33.8 Å². The molecule has 0 spiro atoms. The van der Waals surface area contributed by atoms with Gasteiger partial charge in [-0.2, -0.15) is 13.2 Å². The van der Waals surface area contributed by atoms with Gasteiger partial charge in [-0.15, -0.1) is 0 Å². The standard InChI is InChI=1S/C16H21Cl2F3N2/c1-11(16(19,20)21)23-8-6-15(5-2-7-22-10-15)12-3-4-13(17)14(18)9-12/h3-4,9,11,22-23H,2,5-8,10H2,1H3/t11-,15-/m1/s1. The van der Waals surface area contributed by atoms with Crippen LogP contribution in [0.15, 0.2) is 18.2 Å². The lowest BCUT2D eigenvalue weighted by atomic mass is 9.72. The van der Waals surface area contributed by atoms with Gasteiger partial charge in [-0.3, -0.25) is 0 Å². The van der Waals surface area contributed by atoms with E-state index in [1.807, 2.05) is 12.1 Å². The fraction of sp³-hybridized carbons (Fsp3) is 0.625. The first-order valence-corrected chi connectivity index (χ1v) is 8.46. The highest BCUT2D eigenvalue weighted by Gasteiger charge is 2.37. The van der Waals surface area contributed by atoms with Crippen LogP contribution in [-0.2, 0) is 5.41 Å². The van der Waals surface area contributed by atoms with Gasteiger partial charge in [-0.1, -0.05) is 29.3 Å². The number of rotatable bonds is 5. The minimum absolute atomic E-state index is 0.217. The van der Waals surface area contributed by atoms with Gasteiger partial charge in [0, 0.05) is 12.0 Å². The number of piperidine rings is 1. The summed E-state index contributed by atoms with van der Waals surface area (Å²) in [5, 5.41) is 6.89. The van der Waals surface area contributed by atoms with E-state index in [9.17, 15) is 13.2 Å². The Morgan fingerprint density at radius 3 is 2.61 bits per heavy atom. The van der Waals surface area contributed by atoms with Gasteiger partial charge in [-0.25, -0.2) is 0 Å². The smallest absolute Gasteiger partial charge is 0.316 e. The highest BCUT2D eigenvalue weighted by Crippen LogP contribution is 2.37. The summed E-state index contributed by atoms with van der Waals surface area (Å²) in [6.45, 7) is 3.09. The number of benzene rings is 1. The summed E-state index contributed by atoms with van der Waals surface area (Å²) < 4.78 is 37.9. The van der Waals surface area contributed by atoms with Crippen LogP contribution < -0.4 is 10.6 Å². The number of halogens is 5. The van der Waals surface area contributed by atoms with Crippen molar-refractivity contribution in [3.8, 4) is 0 Å². The highest BCUT2D eigenvalue weighted by atomic mass is 35.5. The Kier molecular flexibility index (Phi) is 6.22. The molecule has 1 heterocycles. The minimum Gasteiger partial charge on any atom is -0.316 e. The second-order valence-electron chi connectivity index (χ2n) is 6.16. The third-order valence-electron chi connectivity index (χ3n) is 4.55. The van der Waals surface area contributed by atoms with Crippen LogP contribution in [0.1, 0.15) is 31.7 Å². The van der Waals surface area contributed by atoms with Gasteiger partial charge in [0.15, 0.2) is 0 Å². The summed E-state index contributed by atoms with van der Waals surface area (Å²) in [5.74, 6) is 0. The molecule has 7 heteroatoms. The van der Waals surface area contributed by atoms with Crippen LogP contribution in [0.3, 0.4) is 0 Å². The summed E-state index contributed by atoms with van der Waals surface area (Å²) in [5.41, 5.74) is 0.811. The maximum absolute atomic E-state index is 12.6. The van der Waals surface area contributed by atoms with E-state index in [2.05, 4.69) is 10.6 Å². The molecule has 1 saturated heterocycles. The van der Waals surface area contributed by atoms with E-state index < -0.39 is 12.2 Å². The predicted molar refractivity (Wildman–Crippen MR) is 88.4 cm³/mol. The topological polar surface area (TPSA) is 24.1 Å². The lowest BCUT2D eigenvalue weighted by Crippen LogP contribution is -2.47. The largest absolute Gasteiger partial charge is 0.403 e. The molecule has 2 N–H and O–H groups in total. The molecule has 0 aliphatic carbocycles. The minimum atomic E-state index is -4.22. The van der Waals surface area contributed by atoms with Crippen molar-refractivity contribution < 1.29 is 13.2 Å². The zero-order valence-electron chi connectivity index (χ0n) is 12.9. The first-order valence-electron chi connectivity index (χ1n) is 7.71. The zero-order chi connectivity index (χ0) is 17.1. The van der Waals surface area contributed by atoms with E-state index in [1.54, 1.807) is 6.07 Å². The van der Waals surface area contributed by atoms with Crippen molar-refractivity contribution in [1.29, 1.82) is 0 Å². The molecule has 0 bridgehead atoms. The molecule has 0 amide bonds. The molecular formula is C16H21Cl2F3N2. The zero-order valence-corrected chi connectivity index (χ0v) is 14.5. The van der Waals surface area contributed by atoms with E-state index in [0.717, 1.165) is 38.4 Å². The molecular weight excluding hydrogens is 348 g/mol. The van der Waals surface area contributed by atoms with E-state index in [4.69, 9.17) is 23.2 Å². The molecule has 23 heavy (non-hydrogen) atoms. The number of nitrogens with one attached hydrogen (secondary N) is 2. The Labute approximate surface area is 144 Å². The summed E-state index contributed by atoms with van der Waals surface area (Å²) in [4.78, 5) is 0. The van der Waals surface area contributed by atoms with Gasteiger partial charge >= 0.3 is 6.18 Å². The molecule has 1 aliphatic rings. The Hall–Kier alpha value is -0.490. The fourth-order valence-electron chi connectivity index (χ4n) is 3.04. The first-order chi connectivity index (χ1) is 10.7. The Balaban J connectivity index is 2.11. The summed E-state index contributed by atoms with van der Waals surface area (Å²) in [6.07, 6.45) is -1.71. The molecule has 0 radical (unpaired) electrons. The Bertz CT molecular complexity index is 529. The number of hydrogen-bond donors (Lipinski definition) is 2. The van der Waals surface area contributed by atoms with Crippen LogP contribution in [-0.4, -0.2) is 31.9 Å². The average molecular weight is 369 g/mol. The predicted octanol–water partition coefficient (Wildman–Crippen LogP) is 4.55. The van der Waals surface area contributed by atoms with Gasteiger partial charge in [0.25, 0.3) is 0 Å². The molecule has 1 aromatic carbocycles. The van der Waals surface area contributed by atoms with Gasteiger partial charge in [-0.05, 0) is 57.0 Å². The van der Waals surface area contributed by atoms with Crippen LogP contribution in [0, 0.1) is 0 Å². The number of alkyl halides is 3.